The molecule has 1 aromatic carbocycles. The van der Waals surface area contributed by atoms with Gasteiger partial charge in [-0.2, -0.15) is 5.10 Å². The van der Waals surface area contributed by atoms with E-state index in [1.165, 1.54) is 25.4 Å². The van der Waals surface area contributed by atoms with Crippen LogP contribution in [0.4, 0.5) is 4.39 Å². The van der Waals surface area contributed by atoms with Gasteiger partial charge in [0.15, 0.2) is 5.75 Å². The van der Waals surface area contributed by atoms with Gasteiger partial charge in [0, 0.05) is 7.05 Å². The zero-order valence-corrected chi connectivity index (χ0v) is 11.2. The number of hydrogen-bond donors (Lipinski definition) is 1. The summed E-state index contributed by atoms with van der Waals surface area (Å²) in [6.45, 7) is 1.83. The molecule has 1 unspecified atom stereocenters. The SMILES string of the molecule is CCC(O)(c1cccc(F)c1)c1c(OC)cnn1C. The molecule has 1 heterocycles. The number of halogens is 1. The topological polar surface area (TPSA) is 47.3 Å². The second-order valence-electron chi connectivity index (χ2n) is 4.41. The van der Waals surface area contributed by atoms with Crippen LogP contribution < -0.4 is 4.74 Å². The van der Waals surface area contributed by atoms with Crippen LogP contribution in [0.1, 0.15) is 24.6 Å². The number of ether oxygens (including phenoxy) is 1. The van der Waals surface area contributed by atoms with E-state index in [-0.39, 0.29) is 5.82 Å². The van der Waals surface area contributed by atoms with E-state index < -0.39 is 5.60 Å². The summed E-state index contributed by atoms with van der Waals surface area (Å²) in [5.41, 5.74) is -0.335. The fourth-order valence-electron chi connectivity index (χ4n) is 2.29. The summed E-state index contributed by atoms with van der Waals surface area (Å²) in [5.74, 6) is 0.0987. The largest absolute Gasteiger partial charge is 0.493 e. The van der Waals surface area contributed by atoms with E-state index in [9.17, 15) is 9.50 Å². The van der Waals surface area contributed by atoms with Gasteiger partial charge in [0.2, 0.25) is 0 Å². The quantitative estimate of drug-likeness (QED) is 0.921. The van der Waals surface area contributed by atoms with Crippen LogP contribution in [0, 0.1) is 5.82 Å². The van der Waals surface area contributed by atoms with E-state index in [2.05, 4.69) is 5.10 Å². The van der Waals surface area contributed by atoms with Crippen LogP contribution in [-0.4, -0.2) is 22.0 Å². The van der Waals surface area contributed by atoms with E-state index in [0.29, 0.717) is 23.4 Å². The molecule has 19 heavy (non-hydrogen) atoms. The number of benzene rings is 1. The minimum atomic E-state index is -1.33. The number of nitrogens with zero attached hydrogens (tertiary/aromatic N) is 2. The third-order valence-corrected chi connectivity index (χ3v) is 3.33. The van der Waals surface area contributed by atoms with Gasteiger partial charge in [-0.15, -0.1) is 0 Å². The summed E-state index contributed by atoms with van der Waals surface area (Å²) >= 11 is 0. The number of aliphatic hydroxyl groups is 1. The molecule has 0 fully saturated rings. The molecule has 102 valence electrons. The minimum absolute atomic E-state index is 0.381. The van der Waals surface area contributed by atoms with E-state index in [1.54, 1.807) is 23.9 Å². The molecule has 0 bridgehead atoms. The van der Waals surface area contributed by atoms with Crippen molar-refractivity contribution in [2.75, 3.05) is 7.11 Å². The van der Waals surface area contributed by atoms with Gasteiger partial charge in [-0.05, 0) is 24.1 Å². The van der Waals surface area contributed by atoms with Crippen molar-refractivity contribution in [3.63, 3.8) is 0 Å². The lowest BCUT2D eigenvalue weighted by atomic mass is 9.87. The van der Waals surface area contributed by atoms with Gasteiger partial charge in [-0.1, -0.05) is 19.1 Å². The molecule has 1 N–H and O–H groups in total. The van der Waals surface area contributed by atoms with Crippen molar-refractivity contribution in [3.8, 4) is 5.75 Å². The zero-order chi connectivity index (χ0) is 14.0. The Labute approximate surface area is 111 Å². The molecule has 5 heteroatoms. The molecule has 0 amide bonds. The molecule has 0 spiro atoms. The summed E-state index contributed by atoms with van der Waals surface area (Å²) in [6, 6.07) is 5.95. The second-order valence-corrected chi connectivity index (χ2v) is 4.41. The molecule has 2 aromatic rings. The molecule has 0 saturated carbocycles. The Morgan fingerprint density at radius 3 is 2.79 bits per heavy atom. The Morgan fingerprint density at radius 2 is 2.21 bits per heavy atom. The highest BCUT2D eigenvalue weighted by atomic mass is 19.1. The Kier molecular flexibility index (Phi) is 3.57. The van der Waals surface area contributed by atoms with Gasteiger partial charge in [0.05, 0.1) is 13.3 Å². The van der Waals surface area contributed by atoms with Crippen molar-refractivity contribution in [1.29, 1.82) is 0 Å². The van der Waals surface area contributed by atoms with Gasteiger partial charge in [0.1, 0.15) is 17.1 Å². The van der Waals surface area contributed by atoms with E-state index in [4.69, 9.17) is 4.74 Å². The summed E-state index contributed by atoms with van der Waals surface area (Å²) in [4.78, 5) is 0. The minimum Gasteiger partial charge on any atom is -0.493 e. The number of hydrogen-bond acceptors (Lipinski definition) is 3. The van der Waals surface area contributed by atoms with Gasteiger partial charge in [-0.25, -0.2) is 4.39 Å². The Hall–Kier alpha value is -1.88. The fourth-order valence-corrected chi connectivity index (χ4v) is 2.29. The highest BCUT2D eigenvalue weighted by molar-refractivity contribution is 5.40. The molecule has 1 atom stereocenters. The van der Waals surface area contributed by atoms with Crippen LogP contribution in [0.3, 0.4) is 0 Å². The normalized spacial score (nSPS) is 14.2. The van der Waals surface area contributed by atoms with Crippen LogP contribution in [0.15, 0.2) is 30.5 Å². The third-order valence-electron chi connectivity index (χ3n) is 3.33. The predicted octanol–water partition coefficient (Wildman–Crippen LogP) is 2.21. The van der Waals surface area contributed by atoms with Gasteiger partial charge >= 0.3 is 0 Å². The molecule has 1 aromatic heterocycles. The van der Waals surface area contributed by atoms with Crippen molar-refractivity contribution in [2.45, 2.75) is 18.9 Å². The van der Waals surface area contributed by atoms with Crippen molar-refractivity contribution < 1.29 is 14.2 Å². The number of aromatic nitrogens is 2. The molecular formula is C14H17FN2O2. The monoisotopic (exact) mass is 264 g/mol. The molecule has 4 nitrogen and oxygen atoms in total. The summed E-state index contributed by atoms with van der Waals surface area (Å²) in [6.07, 6.45) is 1.92. The van der Waals surface area contributed by atoms with Gasteiger partial charge in [0.25, 0.3) is 0 Å². The summed E-state index contributed by atoms with van der Waals surface area (Å²) in [7, 11) is 3.24. The highest BCUT2D eigenvalue weighted by Crippen LogP contribution is 2.37. The van der Waals surface area contributed by atoms with Crippen LogP contribution in [0.2, 0.25) is 0 Å². The van der Waals surface area contributed by atoms with E-state index in [0.717, 1.165) is 0 Å². The lowest BCUT2D eigenvalue weighted by Gasteiger charge is -2.28. The molecule has 2 rings (SSSR count). The molecule has 0 radical (unpaired) electrons. The maximum absolute atomic E-state index is 13.4. The molecular weight excluding hydrogens is 247 g/mol. The molecule has 0 saturated heterocycles. The number of aryl methyl sites for hydroxylation is 1. The molecule has 0 aliphatic rings. The van der Waals surface area contributed by atoms with Crippen LogP contribution in [0.25, 0.3) is 0 Å². The van der Waals surface area contributed by atoms with Crippen molar-refractivity contribution in [1.82, 2.24) is 9.78 Å². The van der Waals surface area contributed by atoms with Crippen LogP contribution in [0.5, 0.6) is 5.75 Å². The second kappa shape index (κ2) is 5.01. The van der Waals surface area contributed by atoms with Crippen LogP contribution >= 0.6 is 0 Å². The summed E-state index contributed by atoms with van der Waals surface area (Å²) < 4.78 is 20.2. The number of methoxy groups -OCH3 is 1. The smallest absolute Gasteiger partial charge is 0.163 e. The van der Waals surface area contributed by atoms with Gasteiger partial charge in [-0.3, -0.25) is 4.68 Å². The first-order valence-electron chi connectivity index (χ1n) is 6.07. The van der Waals surface area contributed by atoms with Gasteiger partial charge < -0.3 is 9.84 Å². The standard InChI is InChI=1S/C14H17FN2O2/c1-4-14(18,10-6-5-7-11(15)8-10)13-12(19-3)9-16-17(13)2/h5-9,18H,4H2,1-3H3. The summed E-state index contributed by atoms with van der Waals surface area (Å²) in [5, 5.41) is 15.0. The highest BCUT2D eigenvalue weighted by Gasteiger charge is 2.36. The predicted molar refractivity (Wildman–Crippen MR) is 69.4 cm³/mol. The first kappa shape index (κ1) is 13.5. The zero-order valence-electron chi connectivity index (χ0n) is 11.2. The fraction of sp³-hybridized carbons (Fsp3) is 0.357. The van der Waals surface area contributed by atoms with Crippen LogP contribution in [-0.2, 0) is 12.6 Å². The first-order chi connectivity index (χ1) is 9.02. The maximum atomic E-state index is 13.4. The van der Waals surface area contributed by atoms with E-state index >= 15 is 0 Å². The average molecular weight is 264 g/mol. The lowest BCUT2D eigenvalue weighted by Crippen LogP contribution is -2.29. The first-order valence-corrected chi connectivity index (χ1v) is 6.07. The average Bonchev–Trinajstić information content (AvgIpc) is 2.79. The Morgan fingerprint density at radius 1 is 1.47 bits per heavy atom. The third kappa shape index (κ3) is 2.21. The van der Waals surface area contributed by atoms with Crippen molar-refractivity contribution >= 4 is 0 Å². The number of rotatable bonds is 4. The van der Waals surface area contributed by atoms with Crippen molar-refractivity contribution in [3.05, 3.63) is 47.5 Å². The molecule has 0 aliphatic carbocycles. The van der Waals surface area contributed by atoms with Crippen molar-refractivity contribution in [2.24, 2.45) is 7.05 Å². The Balaban J connectivity index is 2.62. The van der Waals surface area contributed by atoms with E-state index in [1.807, 2.05) is 6.92 Å². The lowest BCUT2D eigenvalue weighted by molar-refractivity contribution is 0.0645. The molecule has 0 aliphatic heterocycles. The Bertz CT molecular complexity index is 583. The maximum Gasteiger partial charge on any atom is 0.163 e.